The maximum Gasteiger partial charge on any atom is 0.263 e. The Morgan fingerprint density at radius 1 is 1.12 bits per heavy atom. The standard InChI is InChI=1S/C25H24FN5OS/c1-14-13-28-23-22-16-3-5-20(30-19(16)6-7-21(22)33-24(23)25(32)29-14)17-12-15(2-4-18(17)26)31-10-8-27-9-11-31/h2-7,12,14,27-28H,8-11,13H2,1H3,(H,29,32). The smallest absolute Gasteiger partial charge is 0.263 e. The van der Waals surface area contributed by atoms with Crippen LogP contribution in [0.15, 0.2) is 42.5 Å². The lowest BCUT2D eigenvalue weighted by Crippen LogP contribution is -2.43. The van der Waals surface area contributed by atoms with Crippen molar-refractivity contribution in [3.05, 3.63) is 53.2 Å². The fourth-order valence-electron chi connectivity index (χ4n) is 4.70. The van der Waals surface area contributed by atoms with Crippen LogP contribution in [0.4, 0.5) is 15.8 Å². The molecule has 1 fully saturated rings. The average molecular weight is 462 g/mol. The molecule has 1 unspecified atom stereocenters. The second-order valence-electron chi connectivity index (χ2n) is 8.66. The molecule has 8 heteroatoms. The Balaban J connectivity index is 1.46. The van der Waals surface area contributed by atoms with E-state index < -0.39 is 0 Å². The van der Waals surface area contributed by atoms with E-state index in [0.717, 1.165) is 58.5 Å². The van der Waals surface area contributed by atoms with Gasteiger partial charge in [0.25, 0.3) is 5.91 Å². The first-order chi connectivity index (χ1) is 16.1. The summed E-state index contributed by atoms with van der Waals surface area (Å²) in [5.74, 6) is -0.327. The van der Waals surface area contributed by atoms with Crippen LogP contribution in [0.5, 0.6) is 0 Å². The summed E-state index contributed by atoms with van der Waals surface area (Å²) >= 11 is 1.49. The van der Waals surface area contributed by atoms with Gasteiger partial charge in [0.15, 0.2) is 0 Å². The van der Waals surface area contributed by atoms with E-state index in [-0.39, 0.29) is 17.8 Å². The Morgan fingerprint density at radius 2 is 1.97 bits per heavy atom. The van der Waals surface area contributed by atoms with Crippen LogP contribution in [0.3, 0.4) is 0 Å². The minimum atomic E-state index is -0.279. The van der Waals surface area contributed by atoms with Gasteiger partial charge >= 0.3 is 0 Å². The quantitative estimate of drug-likeness (QED) is 0.417. The second-order valence-corrected chi connectivity index (χ2v) is 9.72. The maximum atomic E-state index is 14.9. The first-order valence-electron chi connectivity index (χ1n) is 11.2. The molecule has 6 rings (SSSR count). The van der Waals surface area contributed by atoms with Crippen molar-refractivity contribution in [2.24, 2.45) is 0 Å². The van der Waals surface area contributed by atoms with Crippen LogP contribution in [-0.2, 0) is 0 Å². The van der Waals surface area contributed by atoms with E-state index >= 15 is 0 Å². The van der Waals surface area contributed by atoms with E-state index in [9.17, 15) is 9.18 Å². The molecule has 1 amide bonds. The Labute approximate surface area is 194 Å². The Hall–Kier alpha value is -3.23. The molecule has 0 spiro atoms. The number of nitrogens with one attached hydrogen (secondary N) is 3. The average Bonchev–Trinajstić information content (AvgIpc) is 3.16. The molecule has 0 radical (unpaired) electrons. The van der Waals surface area contributed by atoms with Gasteiger partial charge < -0.3 is 20.9 Å². The van der Waals surface area contributed by atoms with Gasteiger partial charge in [-0.25, -0.2) is 9.37 Å². The van der Waals surface area contributed by atoms with E-state index in [1.54, 1.807) is 0 Å². The lowest BCUT2D eigenvalue weighted by atomic mass is 10.0. The molecule has 3 N–H and O–H groups in total. The number of carbonyl (C=O) groups excluding carboxylic acids is 1. The SMILES string of the molecule is CC1CNc2c(sc3ccc4nc(-c5cc(N6CCNCC6)ccc5F)ccc4c23)C(=O)N1. The molecule has 2 aliphatic rings. The highest BCUT2D eigenvalue weighted by molar-refractivity contribution is 7.21. The zero-order chi connectivity index (χ0) is 22.5. The summed E-state index contributed by atoms with van der Waals surface area (Å²) in [4.78, 5) is 20.5. The predicted molar refractivity (Wildman–Crippen MR) is 133 cm³/mol. The van der Waals surface area contributed by atoms with Gasteiger partial charge in [0.05, 0.1) is 16.9 Å². The molecule has 2 aliphatic heterocycles. The molecule has 4 heterocycles. The number of amides is 1. The molecule has 0 bridgehead atoms. The van der Waals surface area contributed by atoms with Crippen molar-refractivity contribution >= 4 is 49.6 Å². The number of pyridine rings is 1. The van der Waals surface area contributed by atoms with Gasteiger partial charge in [-0.1, -0.05) is 0 Å². The molecule has 0 aliphatic carbocycles. The molecule has 33 heavy (non-hydrogen) atoms. The zero-order valence-corrected chi connectivity index (χ0v) is 19.1. The molecule has 2 aromatic heterocycles. The molecule has 4 aromatic rings. The first-order valence-corrected chi connectivity index (χ1v) is 12.1. The summed E-state index contributed by atoms with van der Waals surface area (Å²) in [6.07, 6.45) is 0. The van der Waals surface area contributed by atoms with Crippen molar-refractivity contribution in [3.8, 4) is 11.3 Å². The van der Waals surface area contributed by atoms with E-state index in [4.69, 9.17) is 4.98 Å². The summed E-state index contributed by atoms with van der Waals surface area (Å²) in [7, 11) is 0. The van der Waals surface area contributed by atoms with E-state index in [1.807, 2.05) is 43.3 Å². The summed E-state index contributed by atoms with van der Waals surface area (Å²) in [6, 6.07) is 13.2. The lowest BCUT2D eigenvalue weighted by Gasteiger charge is -2.29. The number of rotatable bonds is 2. The number of piperazine rings is 1. The van der Waals surface area contributed by atoms with E-state index in [0.29, 0.717) is 22.7 Å². The molecule has 168 valence electrons. The van der Waals surface area contributed by atoms with Gasteiger partial charge in [-0.05, 0) is 49.4 Å². The van der Waals surface area contributed by atoms with Crippen LogP contribution in [0.1, 0.15) is 16.6 Å². The summed E-state index contributed by atoms with van der Waals surface area (Å²) in [6.45, 7) is 6.29. The number of benzene rings is 2. The number of halogens is 1. The van der Waals surface area contributed by atoms with E-state index in [1.165, 1.54) is 17.4 Å². The fraction of sp³-hybridized carbons (Fsp3) is 0.280. The van der Waals surface area contributed by atoms with Crippen LogP contribution in [0, 0.1) is 5.82 Å². The van der Waals surface area contributed by atoms with Crippen LogP contribution < -0.4 is 20.9 Å². The number of aromatic nitrogens is 1. The number of hydrogen-bond donors (Lipinski definition) is 3. The minimum absolute atomic E-state index is 0.0479. The Bertz CT molecular complexity index is 1390. The molecular formula is C25H24FN5OS. The van der Waals surface area contributed by atoms with Crippen molar-refractivity contribution < 1.29 is 9.18 Å². The van der Waals surface area contributed by atoms with Crippen LogP contribution in [0.2, 0.25) is 0 Å². The van der Waals surface area contributed by atoms with Gasteiger partial charge in [0.2, 0.25) is 0 Å². The highest BCUT2D eigenvalue weighted by Gasteiger charge is 2.25. The van der Waals surface area contributed by atoms with Crippen molar-refractivity contribution in [2.75, 3.05) is 42.9 Å². The number of nitrogens with zero attached hydrogens (tertiary/aromatic N) is 2. The van der Waals surface area contributed by atoms with Crippen molar-refractivity contribution in [2.45, 2.75) is 13.0 Å². The van der Waals surface area contributed by atoms with Gasteiger partial charge in [-0.2, -0.15) is 0 Å². The molecule has 2 aromatic carbocycles. The Morgan fingerprint density at radius 3 is 2.82 bits per heavy atom. The maximum absolute atomic E-state index is 14.9. The number of hydrogen-bond acceptors (Lipinski definition) is 6. The van der Waals surface area contributed by atoms with E-state index in [2.05, 4.69) is 20.9 Å². The third-order valence-electron chi connectivity index (χ3n) is 6.40. The van der Waals surface area contributed by atoms with Gasteiger partial charge in [-0.15, -0.1) is 11.3 Å². The topological polar surface area (TPSA) is 69.3 Å². The molecule has 1 saturated heterocycles. The lowest BCUT2D eigenvalue weighted by molar-refractivity contribution is 0.0949. The molecule has 1 atom stereocenters. The highest BCUT2D eigenvalue weighted by Crippen LogP contribution is 2.41. The van der Waals surface area contributed by atoms with Crippen molar-refractivity contribution in [3.63, 3.8) is 0 Å². The normalized spacial score (nSPS) is 18.7. The predicted octanol–water partition coefficient (Wildman–Crippen LogP) is 4.21. The van der Waals surface area contributed by atoms with Crippen LogP contribution in [0.25, 0.3) is 32.2 Å². The fourth-order valence-corrected chi connectivity index (χ4v) is 5.80. The molecular weight excluding hydrogens is 437 g/mol. The van der Waals surface area contributed by atoms with Crippen molar-refractivity contribution in [1.82, 2.24) is 15.6 Å². The van der Waals surface area contributed by atoms with Gasteiger partial charge in [-0.3, -0.25) is 4.79 Å². The molecule has 6 nitrogen and oxygen atoms in total. The number of carbonyl (C=O) groups is 1. The van der Waals surface area contributed by atoms with Crippen LogP contribution >= 0.6 is 11.3 Å². The summed E-state index contributed by atoms with van der Waals surface area (Å²) < 4.78 is 15.9. The first kappa shape index (κ1) is 20.4. The van der Waals surface area contributed by atoms with Gasteiger partial charge in [0.1, 0.15) is 10.7 Å². The number of anilines is 2. The summed E-state index contributed by atoms with van der Waals surface area (Å²) in [5, 5.41) is 11.8. The zero-order valence-electron chi connectivity index (χ0n) is 18.2. The van der Waals surface area contributed by atoms with Crippen molar-refractivity contribution in [1.29, 1.82) is 0 Å². The van der Waals surface area contributed by atoms with Gasteiger partial charge in [0, 0.05) is 65.5 Å². The minimum Gasteiger partial charge on any atom is -0.381 e. The Kier molecular flexibility index (Phi) is 4.92. The third-order valence-corrected chi connectivity index (χ3v) is 7.55. The van der Waals surface area contributed by atoms with Crippen LogP contribution in [-0.4, -0.2) is 49.7 Å². The molecule has 0 saturated carbocycles. The monoisotopic (exact) mass is 461 g/mol. The number of thiophene rings is 1. The summed E-state index contributed by atoms with van der Waals surface area (Å²) in [5.41, 5.74) is 3.77. The largest absolute Gasteiger partial charge is 0.381 e. The number of fused-ring (bicyclic) bond motifs is 5. The highest BCUT2D eigenvalue weighted by atomic mass is 32.1. The third kappa shape index (κ3) is 3.50. The second kappa shape index (κ2) is 7.97.